The molecule has 5 aliphatic rings. The molecule has 14 heteroatoms. The topological polar surface area (TPSA) is 135 Å². The molecular formula is C30H32N8O5S. The molecule has 2 aromatic rings. The fraction of sp³-hybridized carbons (Fsp3) is 0.400. The minimum absolute atomic E-state index is 0.0611. The fourth-order valence-electron chi connectivity index (χ4n) is 7.75. The summed E-state index contributed by atoms with van der Waals surface area (Å²) >= 11 is 1.24. The molecule has 0 radical (unpaired) electrons. The highest BCUT2D eigenvalue weighted by atomic mass is 32.2. The Hall–Kier alpha value is -4.27. The van der Waals surface area contributed by atoms with E-state index in [0.717, 1.165) is 0 Å². The highest BCUT2D eigenvalue weighted by Crippen LogP contribution is 2.66. The molecule has 228 valence electrons. The molecule has 5 aliphatic heterocycles. The largest absolute Gasteiger partial charge is 0.323 e. The molecule has 3 fully saturated rings. The van der Waals surface area contributed by atoms with E-state index in [1.807, 2.05) is 50.1 Å². The van der Waals surface area contributed by atoms with Crippen molar-refractivity contribution in [2.24, 2.45) is 4.99 Å². The molecule has 0 unspecified atom stereocenters. The lowest BCUT2D eigenvalue weighted by Crippen LogP contribution is -2.66. The van der Waals surface area contributed by atoms with Crippen LogP contribution in [-0.4, -0.2) is 98.0 Å². The summed E-state index contributed by atoms with van der Waals surface area (Å²) in [5.41, 5.74) is 3.94. The predicted octanol–water partition coefficient (Wildman–Crippen LogP) is 2.67. The Morgan fingerprint density at radius 1 is 1.09 bits per heavy atom. The number of hydrogen-bond donors (Lipinski definition) is 1. The Kier molecular flexibility index (Phi) is 6.39. The summed E-state index contributed by atoms with van der Waals surface area (Å²) in [6.45, 7) is 9.10. The zero-order chi connectivity index (χ0) is 31.1. The molecule has 5 atom stereocenters. The second-order valence-electron chi connectivity index (χ2n) is 11.4. The van der Waals surface area contributed by atoms with E-state index in [4.69, 9.17) is 4.99 Å². The van der Waals surface area contributed by atoms with Gasteiger partial charge in [-0.3, -0.25) is 29.5 Å². The van der Waals surface area contributed by atoms with Gasteiger partial charge in [0, 0.05) is 55.5 Å². The van der Waals surface area contributed by atoms with Gasteiger partial charge in [0.1, 0.15) is 10.9 Å². The molecule has 5 heterocycles. The van der Waals surface area contributed by atoms with Crippen LogP contribution in [0.3, 0.4) is 0 Å². The number of carbonyl (C=O) groups is 3. The summed E-state index contributed by atoms with van der Waals surface area (Å²) in [5.74, 6) is -1.14. The Morgan fingerprint density at radius 3 is 2.45 bits per heavy atom. The smallest absolute Gasteiger partial charge is 0.306 e. The number of urea groups is 1. The number of nitrogens with one attached hydrogen (secondary N) is 1. The zero-order valence-corrected chi connectivity index (χ0v) is 25.4. The van der Waals surface area contributed by atoms with E-state index in [9.17, 15) is 19.7 Å². The lowest BCUT2D eigenvalue weighted by molar-refractivity contribution is -0.384. The number of nitrogens with zero attached hydrogens (tertiary/aromatic N) is 7. The summed E-state index contributed by atoms with van der Waals surface area (Å²) in [5, 5.41) is 13.3. The van der Waals surface area contributed by atoms with Crippen molar-refractivity contribution in [1.82, 2.24) is 25.1 Å². The molecule has 2 spiro atoms. The monoisotopic (exact) mass is 616 g/mol. The molecule has 3 saturated heterocycles. The van der Waals surface area contributed by atoms with Gasteiger partial charge in [-0.05, 0) is 32.5 Å². The standard InChI is InChI=1S/C30H32N8O5S/c1-5-16-36-22-11-9-8-10-20(22)29(25(36)39)30(21(17-33(29)4)18-12-14-19(15-13-18)38(42)43)26(40)37-27(44-30)31-23-24(32-37)35(7-3)28(41)34(23)6-2/h5,8-15,21,23-24,32H,1,6-7,16-17H2,2-4H3/t21-,23+,24-,29+,30-/m0/s1. The molecule has 2 aromatic carbocycles. The van der Waals surface area contributed by atoms with Crippen molar-refractivity contribution in [3.63, 3.8) is 0 Å². The number of carbonyl (C=O) groups excluding carboxylic acids is 3. The minimum atomic E-state index is -1.44. The van der Waals surface area contributed by atoms with Crippen molar-refractivity contribution in [2.75, 3.05) is 38.1 Å². The molecule has 7 rings (SSSR count). The van der Waals surface area contributed by atoms with Crippen LogP contribution < -0.4 is 10.3 Å². The zero-order valence-electron chi connectivity index (χ0n) is 24.5. The third-order valence-corrected chi connectivity index (χ3v) is 11.1. The van der Waals surface area contributed by atoms with Gasteiger partial charge in [0.25, 0.3) is 17.5 Å². The van der Waals surface area contributed by atoms with E-state index in [2.05, 4.69) is 12.0 Å². The first-order valence-corrected chi connectivity index (χ1v) is 15.4. The number of rotatable bonds is 6. The van der Waals surface area contributed by atoms with Crippen LogP contribution in [-0.2, 0) is 15.1 Å². The first-order chi connectivity index (χ1) is 21.2. The third kappa shape index (κ3) is 3.32. The van der Waals surface area contributed by atoms with Gasteiger partial charge in [-0.25, -0.2) is 14.8 Å². The van der Waals surface area contributed by atoms with E-state index < -0.39 is 33.5 Å². The second kappa shape index (κ2) is 9.87. The molecule has 13 nitrogen and oxygen atoms in total. The van der Waals surface area contributed by atoms with Crippen LogP contribution >= 0.6 is 11.8 Å². The molecule has 4 amide bonds. The van der Waals surface area contributed by atoms with Crippen LogP contribution in [0.25, 0.3) is 0 Å². The number of likely N-dealkylation sites (N-methyl/N-ethyl adjacent to an activating group) is 3. The van der Waals surface area contributed by atoms with Gasteiger partial charge in [-0.15, -0.1) is 6.58 Å². The van der Waals surface area contributed by atoms with Gasteiger partial charge >= 0.3 is 6.03 Å². The highest BCUT2D eigenvalue weighted by Gasteiger charge is 2.79. The number of nitro benzene ring substituents is 1. The minimum Gasteiger partial charge on any atom is -0.306 e. The first-order valence-electron chi connectivity index (χ1n) is 14.6. The molecule has 0 bridgehead atoms. The summed E-state index contributed by atoms with van der Waals surface area (Å²) in [6.07, 6.45) is 0.553. The number of fused-ring (bicyclic) bond motifs is 5. The maximum atomic E-state index is 15.2. The number of thioether (sulfide) groups is 1. The summed E-state index contributed by atoms with van der Waals surface area (Å²) in [6, 6.07) is 13.6. The highest BCUT2D eigenvalue weighted by molar-refractivity contribution is 8.16. The summed E-state index contributed by atoms with van der Waals surface area (Å²) < 4.78 is -1.44. The lowest BCUT2D eigenvalue weighted by atomic mass is 9.72. The van der Waals surface area contributed by atoms with Gasteiger partial charge in [0.2, 0.25) is 0 Å². The number of hydrogen-bond acceptors (Lipinski definition) is 9. The number of amides is 4. The number of amidine groups is 1. The number of likely N-dealkylation sites (tertiary alicyclic amines) is 1. The Labute approximate surface area is 258 Å². The van der Waals surface area contributed by atoms with Crippen molar-refractivity contribution in [3.05, 3.63) is 82.4 Å². The second-order valence-corrected chi connectivity index (χ2v) is 12.7. The number of para-hydroxylation sites is 1. The predicted molar refractivity (Wildman–Crippen MR) is 165 cm³/mol. The van der Waals surface area contributed by atoms with Crippen LogP contribution in [0.1, 0.15) is 30.9 Å². The van der Waals surface area contributed by atoms with E-state index in [1.165, 1.54) is 28.9 Å². The van der Waals surface area contributed by atoms with E-state index >= 15 is 4.79 Å². The lowest BCUT2D eigenvalue weighted by Gasteiger charge is -2.42. The average molecular weight is 617 g/mol. The van der Waals surface area contributed by atoms with Gasteiger partial charge in [0.05, 0.1) is 4.92 Å². The summed E-state index contributed by atoms with van der Waals surface area (Å²) in [7, 11) is 1.85. The molecule has 0 saturated carbocycles. The Bertz CT molecular complexity index is 1650. The van der Waals surface area contributed by atoms with Crippen LogP contribution in [0.5, 0.6) is 0 Å². The first kappa shape index (κ1) is 28.5. The SMILES string of the molecule is C=CCN1C(=O)[C@@]2(c3ccccc31)N(C)C[C@@H](c1ccc([N+](=O)[O-])cc1)[C@@]21SC2=N[C@H]3[C@@H](NN2C1=O)N(CC)C(=O)N3CC. The van der Waals surface area contributed by atoms with Crippen molar-refractivity contribution >= 4 is 46.1 Å². The third-order valence-electron chi connectivity index (χ3n) is 9.59. The van der Waals surface area contributed by atoms with Crippen molar-refractivity contribution < 1.29 is 19.3 Å². The van der Waals surface area contributed by atoms with Crippen LogP contribution in [0, 0.1) is 10.1 Å². The molecule has 44 heavy (non-hydrogen) atoms. The fourth-order valence-corrected chi connectivity index (χ4v) is 9.46. The maximum Gasteiger partial charge on any atom is 0.323 e. The van der Waals surface area contributed by atoms with Gasteiger partial charge < -0.3 is 9.80 Å². The molecular weight excluding hydrogens is 584 g/mol. The number of aliphatic imine (C=N–C) groups is 1. The number of nitro groups is 1. The number of anilines is 1. The van der Waals surface area contributed by atoms with Crippen LogP contribution in [0.4, 0.5) is 16.2 Å². The van der Waals surface area contributed by atoms with Crippen molar-refractivity contribution in [3.8, 4) is 0 Å². The summed E-state index contributed by atoms with van der Waals surface area (Å²) in [4.78, 5) is 66.2. The van der Waals surface area contributed by atoms with Crippen molar-refractivity contribution in [1.29, 1.82) is 0 Å². The molecule has 0 aromatic heterocycles. The van der Waals surface area contributed by atoms with Gasteiger partial charge in [0.15, 0.2) is 16.9 Å². The van der Waals surface area contributed by atoms with Gasteiger partial charge in [-0.1, -0.05) is 48.2 Å². The Morgan fingerprint density at radius 2 is 1.80 bits per heavy atom. The quantitative estimate of drug-likeness (QED) is 0.298. The number of non-ortho nitro benzene ring substituents is 1. The maximum absolute atomic E-state index is 15.2. The van der Waals surface area contributed by atoms with Gasteiger partial charge in [-0.2, -0.15) is 5.43 Å². The van der Waals surface area contributed by atoms with Crippen LogP contribution in [0.15, 0.2) is 66.2 Å². The van der Waals surface area contributed by atoms with E-state index in [1.54, 1.807) is 32.9 Å². The molecule has 0 aliphatic carbocycles. The van der Waals surface area contributed by atoms with E-state index in [-0.39, 0.29) is 30.1 Å². The van der Waals surface area contributed by atoms with Crippen LogP contribution in [0.2, 0.25) is 0 Å². The van der Waals surface area contributed by atoms with Crippen molar-refractivity contribution in [2.45, 2.75) is 42.4 Å². The molecule has 1 N–H and O–H groups in total. The number of hydrazine groups is 1. The number of benzene rings is 2. The normalized spacial score (nSPS) is 30.8. The Balaban J connectivity index is 1.45. The average Bonchev–Trinajstić information content (AvgIpc) is 3.65. The van der Waals surface area contributed by atoms with E-state index in [0.29, 0.717) is 41.6 Å².